The van der Waals surface area contributed by atoms with Gasteiger partial charge in [0.2, 0.25) is 0 Å². The third kappa shape index (κ3) is 2.72. The van der Waals surface area contributed by atoms with Crippen LogP contribution < -0.4 is 4.90 Å². The van der Waals surface area contributed by atoms with E-state index in [0.717, 1.165) is 24.2 Å². The van der Waals surface area contributed by atoms with Crippen molar-refractivity contribution in [1.82, 2.24) is 4.98 Å². The van der Waals surface area contributed by atoms with Crippen LogP contribution in [0.5, 0.6) is 0 Å². The molecule has 0 bridgehead atoms. The van der Waals surface area contributed by atoms with Gasteiger partial charge in [-0.25, -0.2) is 4.98 Å². The molecule has 0 saturated carbocycles. The lowest BCUT2D eigenvalue weighted by atomic mass is 10.2. The van der Waals surface area contributed by atoms with Crippen LogP contribution in [0.15, 0.2) is 18.3 Å². The van der Waals surface area contributed by atoms with Gasteiger partial charge in [0.1, 0.15) is 5.82 Å². The van der Waals surface area contributed by atoms with Gasteiger partial charge in [0.05, 0.1) is 0 Å². The van der Waals surface area contributed by atoms with Crippen molar-refractivity contribution >= 4 is 33.5 Å². The maximum atomic E-state index is 4.53. The van der Waals surface area contributed by atoms with Gasteiger partial charge in [0.25, 0.3) is 0 Å². The van der Waals surface area contributed by atoms with Gasteiger partial charge < -0.3 is 4.90 Å². The monoisotopic (exact) mass is 300 g/mol. The highest BCUT2D eigenvalue weighted by molar-refractivity contribution is 9.08. The van der Waals surface area contributed by atoms with Crippen LogP contribution in [0.1, 0.15) is 19.4 Å². The SMILES string of the molecule is CC1CN(c2ncccc2CBr)CC(C)S1. The molecule has 2 nitrogen and oxygen atoms in total. The Balaban J connectivity index is 2.22. The Kier molecular flexibility index (Phi) is 4.14. The van der Waals surface area contributed by atoms with E-state index in [2.05, 4.69) is 57.5 Å². The van der Waals surface area contributed by atoms with Crippen molar-refractivity contribution in [1.29, 1.82) is 0 Å². The molecular weight excluding hydrogens is 284 g/mol. The molecular formula is C12H17BrN2S. The van der Waals surface area contributed by atoms with Crippen molar-refractivity contribution in [3.63, 3.8) is 0 Å². The fraction of sp³-hybridized carbons (Fsp3) is 0.583. The Morgan fingerprint density at radius 3 is 2.75 bits per heavy atom. The summed E-state index contributed by atoms with van der Waals surface area (Å²) in [5.41, 5.74) is 1.29. The Hall–Kier alpha value is -0.220. The van der Waals surface area contributed by atoms with Crippen LogP contribution in [-0.2, 0) is 5.33 Å². The van der Waals surface area contributed by atoms with Crippen molar-refractivity contribution in [2.45, 2.75) is 29.7 Å². The zero-order valence-electron chi connectivity index (χ0n) is 9.69. The maximum Gasteiger partial charge on any atom is 0.132 e. The second-order valence-corrected chi connectivity index (χ2v) is 6.72. The lowest BCUT2D eigenvalue weighted by Crippen LogP contribution is -2.41. The Morgan fingerprint density at radius 2 is 2.12 bits per heavy atom. The van der Waals surface area contributed by atoms with Crippen LogP contribution >= 0.6 is 27.7 Å². The molecule has 4 heteroatoms. The van der Waals surface area contributed by atoms with E-state index in [9.17, 15) is 0 Å². The van der Waals surface area contributed by atoms with Crippen molar-refractivity contribution in [2.24, 2.45) is 0 Å². The standard InChI is InChI=1S/C12H17BrN2S/c1-9-7-15(8-10(2)16-9)12-11(6-13)4-3-5-14-12/h3-5,9-10H,6-8H2,1-2H3. The fourth-order valence-corrected chi connectivity index (χ4v) is 3.93. The molecule has 2 heterocycles. The van der Waals surface area contributed by atoms with E-state index >= 15 is 0 Å². The van der Waals surface area contributed by atoms with Gasteiger partial charge in [0, 0.05) is 40.7 Å². The van der Waals surface area contributed by atoms with Gasteiger partial charge in [-0.2, -0.15) is 11.8 Å². The zero-order valence-corrected chi connectivity index (χ0v) is 12.1. The molecule has 1 aromatic heterocycles. The summed E-state index contributed by atoms with van der Waals surface area (Å²) >= 11 is 5.61. The minimum absolute atomic E-state index is 0.689. The molecule has 0 N–H and O–H groups in total. The predicted molar refractivity (Wildman–Crippen MR) is 75.6 cm³/mol. The second-order valence-electron chi connectivity index (χ2n) is 4.28. The van der Waals surface area contributed by atoms with Crippen LogP contribution in [0.25, 0.3) is 0 Å². The molecule has 1 aliphatic rings. The van der Waals surface area contributed by atoms with E-state index in [1.54, 1.807) is 0 Å². The molecule has 1 aliphatic heterocycles. The molecule has 0 spiro atoms. The first-order valence-electron chi connectivity index (χ1n) is 5.61. The molecule has 2 unspecified atom stereocenters. The van der Waals surface area contributed by atoms with Gasteiger partial charge >= 0.3 is 0 Å². The third-order valence-corrected chi connectivity index (χ3v) is 4.56. The number of hydrogen-bond donors (Lipinski definition) is 0. The van der Waals surface area contributed by atoms with Gasteiger partial charge in [0.15, 0.2) is 0 Å². The average Bonchev–Trinajstić information content (AvgIpc) is 2.27. The van der Waals surface area contributed by atoms with Crippen LogP contribution in [0.4, 0.5) is 5.82 Å². The minimum atomic E-state index is 0.689. The number of anilines is 1. The highest BCUT2D eigenvalue weighted by Gasteiger charge is 2.24. The number of rotatable bonds is 2. The lowest BCUT2D eigenvalue weighted by Gasteiger charge is -2.36. The van der Waals surface area contributed by atoms with E-state index in [4.69, 9.17) is 0 Å². The van der Waals surface area contributed by atoms with Crippen LogP contribution in [-0.4, -0.2) is 28.6 Å². The van der Waals surface area contributed by atoms with Crippen LogP contribution in [0.3, 0.4) is 0 Å². The van der Waals surface area contributed by atoms with Gasteiger partial charge in [-0.05, 0) is 6.07 Å². The average molecular weight is 301 g/mol. The molecule has 2 atom stereocenters. The molecule has 1 aromatic rings. The molecule has 0 amide bonds. The van der Waals surface area contributed by atoms with E-state index in [-0.39, 0.29) is 0 Å². The highest BCUT2D eigenvalue weighted by atomic mass is 79.9. The van der Waals surface area contributed by atoms with E-state index in [0.29, 0.717) is 10.5 Å². The molecule has 16 heavy (non-hydrogen) atoms. The first-order chi connectivity index (χ1) is 7.70. The highest BCUT2D eigenvalue weighted by Crippen LogP contribution is 2.29. The number of thioether (sulfide) groups is 1. The van der Waals surface area contributed by atoms with Crippen molar-refractivity contribution in [2.75, 3.05) is 18.0 Å². The summed E-state index contributed by atoms with van der Waals surface area (Å²) in [6.45, 7) is 6.80. The summed E-state index contributed by atoms with van der Waals surface area (Å²) in [7, 11) is 0. The molecule has 0 aromatic carbocycles. The summed E-state index contributed by atoms with van der Waals surface area (Å²) in [5, 5.41) is 2.26. The van der Waals surface area contributed by atoms with Gasteiger partial charge in [-0.1, -0.05) is 35.8 Å². The Bertz CT molecular complexity index is 349. The van der Waals surface area contributed by atoms with Crippen molar-refractivity contribution in [3.8, 4) is 0 Å². The molecule has 1 fully saturated rings. The summed E-state index contributed by atoms with van der Waals surface area (Å²) in [6, 6.07) is 4.15. The molecule has 1 saturated heterocycles. The third-order valence-electron chi connectivity index (χ3n) is 2.73. The zero-order chi connectivity index (χ0) is 11.5. The first-order valence-corrected chi connectivity index (χ1v) is 7.67. The summed E-state index contributed by atoms with van der Waals surface area (Å²) < 4.78 is 0. The van der Waals surface area contributed by atoms with Crippen LogP contribution in [0.2, 0.25) is 0 Å². The number of nitrogens with zero attached hydrogens (tertiary/aromatic N) is 2. The van der Waals surface area contributed by atoms with Gasteiger partial charge in [-0.3, -0.25) is 0 Å². The normalized spacial score (nSPS) is 25.8. The summed E-state index contributed by atoms with van der Waals surface area (Å²) in [5.74, 6) is 1.15. The number of halogens is 1. The minimum Gasteiger partial charge on any atom is -0.354 e. The molecule has 88 valence electrons. The van der Waals surface area contributed by atoms with Crippen molar-refractivity contribution in [3.05, 3.63) is 23.9 Å². The van der Waals surface area contributed by atoms with E-state index < -0.39 is 0 Å². The summed E-state index contributed by atoms with van der Waals surface area (Å²) in [4.78, 5) is 6.95. The quantitative estimate of drug-likeness (QED) is 0.780. The number of pyridine rings is 1. The maximum absolute atomic E-state index is 4.53. The fourth-order valence-electron chi connectivity index (χ4n) is 2.17. The Morgan fingerprint density at radius 1 is 1.44 bits per heavy atom. The molecule has 0 aliphatic carbocycles. The van der Waals surface area contributed by atoms with E-state index in [1.165, 1.54) is 5.56 Å². The smallest absolute Gasteiger partial charge is 0.132 e. The number of aromatic nitrogens is 1. The second kappa shape index (κ2) is 5.41. The number of alkyl halides is 1. The molecule has 0 radical (unpaired) electrons. The molecule has 2 rings (SSSR count). The summed E-state index contributed by atoms with van der Waals surface area (Å²) in [6.07, 6.45) is 1.89. The van der Waals surface area contributed by atoms with Crippen molar-refractivity contribution < 1.29 is 0 Å². The first kappa shape index (κ1) is 12.2. The Labute approximate surface area is 110 Å². The topological polar surface area (TPSA) is 16.1 Å². The van der Waals surface area contributed by atoms with Crippen LogP contribution in [0, 0.1) is 0 Å². The van der Waals surface area contributed by atoms with E-state index in [1.807, 2.05) is 12.3 Å². The predicted octanol–water partition coefficient (Wildman–Crippen LogP) is 3.31. The lowest BCUT2D eigenvalue weighted by molar-refractivity contribution is 0.716. The number of hydrogen-bond acceptors (Lipinski definition) is 3. The van der Waals surface area contributed by atoms with Gasteiger partial charge in [-0.15, -0.1) is 0 Å². The largest absolute Gasteiger partial charge is 0.354 e.